The zero-order valence-corrected chi connectivity index (χ0v) is 17.6. The fraction of sp³-hybridized carbons (Fsp3) is 0.348. The minimum Gasteiger partial charge on any atom is -0.344 e. The highest BCUT2D eigenvalue weighted by Gasteiger charge is 2.33. The molecule has 1 amide bonds. The van der Waals surface area contributed by atoms with E-state index in [4.69, 9.17) is 0 Å². The van der Waals surface area contributed by atoms with Crippen LogP contribution in [0.5, 0.6) is 0 Å². The molecular formula is C23H22F4N4O. The summed E-state index contributed by atoms with van der Waals surface area (Å²) in [5, 5.41) is 7.36. The predicted octanol–water partition coefficient (Wildman–Crippen LogP) is 5.49. The van der Waals surface area contributed by atoms with Crippen molar-refractivity contribution < 1.29 is 22.4 Å². The molecule has 0 saturated carbocycles. The maximum Gasteiger partial charge on any atom is 0.433 e. The Hall–Kier alpha value is -3.23. The Labute approximate surface area is 182 Å². The van der Waals surface area contributed by atoms with Gasteiger partial charge in [-0.15, -0.1) is 0 Å². The second-order valence-corrected chi connectivity index (χ2v) is 8.20. The monoisotopic (exact) mass is 446 g/mol. The first kappa shape index (κ1) is 22.0. The number of carbonyl (C=O) groups excluding carboxylic acids is 1. The van der Waals surface area contributed by atoms with Crippen LogP contribution in [0.4, 0.5) is 17.6 Å². The van der Waals surface area contributed by atoms with E-state index >= 15 is 0 Å². The highest BCUT2D eigenvalue weighted by atomic mass is 19.4. The van der Waals surface area contributed by atoms with Crippen molar-refractivity contribution >= 4 is 5.91 Å². The molecule has 0 radical (unpaired) electrons. The third kappa shape index (κ3) is 4.51. The number of pyridine rings is 1. The van der Waals surface area contributed by atoms with Crippen molar-refractivity contribution in [2.45, 2.75) is 51.4 Å². The number of nitrogens with one attached hydrogen (secondary N) is 1. The molecule has 9 heteroatoms. The highest BCUT2D eigenvalue weighted by Crippen LogP contribution is 2.33. The number of benzene rings is 1. The molecule has 0 bridgehead atoms. The molecule has 32 heavy (non-hydrogen) atoms. The van der Waals surface area contributed by atoms with Crippen molar-refractivity contribution in [2.24, 2.45) is 0 Å². The first-order valence-corrected chi connectivity index (χ1v) is 10.3. The van der Waals surface area contributed by atoms with Crippen molar-refractivity contribution in [2.75, 3.05) is 0 Å². The number of amides is 1. The zero-order valence-electron chi connectivity index (χ0n) is 17.6. The van der Waals surface area contributed by atoms with E-state index in [9.17, 15) is 22.4 Å². The molecule has 1 N–H and O–H groups in total. The second-order valence-electron chi connectivity index (χ2n) is 8.20. The number of rotatable bonds is 4. The summed E-state index contributed by atoms with van der Waals surface area (Å²) in [6, 6.07) is 8.01. The molecule has 0 unspecified atom stereocenters. The highest BCUT2D eigenvalue weighted by molar-refractivity contribution is 5.94. The quantitative estimate of drug-likeness (QED) is 0.539. The number of aromatic nitrogens is 3. The molecule has 0 spiro atoms. The number of aryl methyl sites for hydroxylation is 1. The Kier molecular flexibility index (Phi) is 5.75. The van der Waals surface area contributed by atoms with Crippen LogP contribution in [-0.2, 0) is 12.7 Å². The number of nitrogens with zero attached hydrogens (tertiary/aromatic N) is 3. The van der Waals surface area contributed by atoms with Gasteiger partial charge in [-0.2, -0.15) is 18.3 Å². The molecule has 3 heterocycles. The Balaban J connectivity index is 1.60. The van der Waals surface area contributed by atoms with E-state index in [0.29, 0.717) is 29.9 Å². The van der Waals surface area contributed by atoms with E-state index in [1.165, 1.54) is 18.2 Å². The summed E-state index contributed by atoms with van der Waals surface area (Å²) >= 11 is 0. The summed E-state index contributed by atoms with van der Waals surface area (Å²) in [5.74, 6) is -0.816. The first-order chi connectivity index (χ1) is 15.1. The van der Waals surface area contributed by atoms with Gasteiger partial charge in [0.25, 0.3) is 5.91 Å². The summed E-state index contributed by atoms with van der Waals surface area (Å²) < 4.78 is 54.8. The number of carbonyl (C=O) groups is 1. The smallest absolute Gasteiger partial charge is 0.344 e. The van der Waals surface area contributed by atoms with Gasteiger partial charge in [0.1, 0.15) is 11.5 Å². The van der Waals surface area contributed by atoms with E-state index < -0.39 is 23.6 Å². The lowest BCUT2D eigenvalue weighted by Gasteiger charge is -2.24. The van der Waals surface area contributed by atoms with Crippen LogP contribution >= 0.6 is 0 Å². The normalized spacial score (nSPS) is 16.2. The van der Waals surface area contributed by atoms with E-state index in [1.807, 2.05) is 13.8 Å². The van der Waals surface area contributed by atoms with Gasteiger partial charge in [-0.1, -0.05) is 13.8 Å². The Morgan fingerprint density at radius 1 is 1.19 bits per heavy atom. The summed E-state index contributed by atoms with van der Waals surface area (Å²) in [4.78, 5) is 16.2. The van der Waals surface area contributed by atoms with E-state index in [1.54, 1.807) is 16.8 Å². The fourth-order valence-electron chi connectivity index (χ4n) is 3.83. The number of alkyl halides is 3. The van der Waals surface area contributed by atoms with Gasteiger partial charge in [-0.3, -0.25) is 14.5 Å². The minimum atomic E-state index is -4.55. The van der Waals surface area contributed by atoms with Crippen molar-refractivity contribution in [1.29, 1.82) is 0 Å². The molecule has 3 aromatic rings. The van der Waals surface area contributed by atoms with Gasteiger partial charge >= 0.3 is 6.18 Å². The van der Waals surface area contributed by atoms with Crippen LogP contribution in [-0.4, -0.2) is 20.7 Å². The zero-order chi connectivity index (χ0) is 23.0. The molecule has 1 aliphatic rings. The van der Waals surface area contributed by atoms with Crippen LogP contribution in [0.15, 0.2) is 42.6 Å². The molecule has 168 valence electrons. The lowest BCUT2D eigenvalue weighted by Crippen LogP contribution is -2.32. The Morgan fingerprint density at radius 2 is 1.97 bits per heavy atom. The fourth-order valence-corrected chi connectivity index (χ4v) is 3.83. The van der Waals surface area contributed by atoms with Crippen LogP contribution in [0.1, 0.15) is 66.0 Å². The van der Waals surface area contributed by atoms with Crippen LogP contribution in [0.2, 0.25) is 0 Å². The largest absolute Gasteiger partial charge is 0.433 e. The Bertz CT molecular complexity index is 1150. The third-order valence-corrected chi connectivity index (χ3v) is 5.53. The Morgan fingerprint density at radius 3 is 2.69 bits per heavy atom. The van der Waals surface area contributed by atoms with Crippen LogP contribution < -0.4 is 5.32 Å². The second kappa shape index (κ2) is 8.37. The first-order valence-electron chi connectivity index (χ1n) is 10.3. The molecule has 0 fully saturated rings. The van der Waals surface area contributed by atoms with Gasteiger partial charge in [0.2, 0.25) is 0 Å². The van der Waals surface area contributed by atoms with Gasteiger partial charge in [-0.05, 0) is 60.7 Å². The predicted molar refractivity (Wildman–Crippen MR) is 110 cm³/mol. The van der Waals surface area contributed by atoms with Crippen LogP contribution in [0, 0.1) is 5.82 Å². The molecule has 5 nitrogen and oxygen atoms in total. The van der Waals surface area contributed by atoms with Crippen molar-refractivity contribution in [3.05, 3.63) is 70.9 Å². The topological polar surface area (TPSA) is 59.8 Å². The lowest BCUT2D eigenvalue weighted by molar-refractivity contribution is -0.141. The summed E-state index contributed by atoms with van der Waals surface area (Å²) in [5.41, 5.74) is 1.34. The number of halogens is 4. The van der Waals surface area contributed by atoms with Crippen LogP contribution in [0.3, 0.4) is 0 Å². The minimum absolute atomic E-state index is 0.0675. The number of hydrogen-bond acceptors (Lipinski definition) is 3. The molecular weight excluding hydrogens is 424 g/mol. The van der Waals surface area contributed by atoms with Crippen molar-refractivity contribution in [3.63, 3.8) is 0 Å². The summed E-state index contributed by atoms with van der Waals surface area (Å²) in [7, 11) is 0. The van der Waals surface area contributed by atoms with Crippen LogP contribution in [0.25, 0.3) is 11.3 Å². The van der Waals surface area contributed by atoms with Crippen molar-refractivity contribution in [3.8, 4) is 11.3 Å². The molecule has 1 aliphatic heterocycles. The van der Waals surface area contributed by atoms with Gasteiger partial charge in [-0.25, -0.2) is 4.39 Å². The van der Waals surface area contributed by atoms with Gasteiger partial charge in [0, 0.05) is 23.9 Å². The van der Waals surface area contributed by atoms with Gasteiger partial charge in [0.15, 0.2) is 0 Å². The molecule has 1 aromatic carbocycles. The third-order valence-electron chi connectivity index (χ3n) is 5.53. The maximum atomic E-state index is 14.0. The molecule has 2 aromatic heterocycles. The lowest BCUT2D eigenvalue weighted by atomic mass is 9.99. The van der Waals surface area contributed by atoms with E-state index in [-0.39, 0.29) is 17.5 Å². The molecule has 1 atom stereocenters. The standard InChI is InChI=1S/C23H22F4N4O/c1-13(2)15-8-16(10-17(24)9-15)22(32)29-18-4-3-7-31-20(18)12-19(30-31)14-5-6-28-21(11-14)23(25,26)27/h5-6,8-13,18H,3-4,7H2,1-2H3,(H,29,32)/t18-/m0/s1. The number of fused-ring (bicyclic) bond motifs is 1. The molecule has 0 aliphatic carbocycles. The van der Waals surface area contributed by atoms with Crippen molar-refractivity contribution in [1.82, 2.24) is 20.1 Å². The summed E-state index contributed by atoms with van der Waals surface area (Å²) in [6.07, 6.45) is -2.06. The average Bonchev–Trinajstić information content (AvgIpc) is 3.18. The SMILES string of the molecule is CC(C)c1cc(F)cc(C(=O)N[C@H]2CCCn3nc(-c4ccnc(C(F)(F)F)c4)cc32)c1. The van der Waals surface area contributed by atoms with Gasteiger partial charge in [0.05, 0.1) is 17.4 Å². The molecule has 4 rings (SSSR count). The molecule has 0 saturated heterocycles. The van der Waals surface area contributed by atoms with Gasteiger partial charge < -0.3 is 5.32 Å². The van der Waals surface area contributed by atoms with E-state index in [2.05, 4.69) is 15.4 Å². The average molecular weight is 446 g/mol. The number of hydrogen-bond donors (Lipinski definition) is 1. The van der Waals surface area contributed by atoms with E-state index in [0.717, 1.165) is 24.2 Å². The summed E-state index contributed by atoms with van der Waals surface area (Å²) in [6.45, 7) is 4.43. The maximum absolute atomic E-state index is 14.0.